The van der Waals surface area contributed by atoms with Crippen LogP contribution in [0.3, 0.4) is 0 Å². The summed E-state index contributed by atoms with van der Waals surface area (Å²) in [5.74, 6) is 0.359. The van der Waals surface area contributed by atoms with Crippen LogP contribution in [0.1, 0.15) is 30.7 Å². The molecule has 0 saturated carbocycles. The Morgan fingerprint density at radius 1 is 1.33 bits per heavy atom. The molecule has 2 aliphatic heterocycles. The third kappa shape index (κ3) is 4.02. The van der Waals surface area contributed by atoms with E-state index in [9.17, 15) is 4.79 Å². The molecule has 6 heteroatoms. The summed E-state index contributed by atoms with van der Waals surface area (Å²) in [5.41, 5.74) is 0. The molecule has 0 atom stereocenters. The molecule has 1 amide bonds. The lowest BCUT2D eigenvalue weighted by Crippen LogP contribution is -2.46. The molecule has 21 heavy (non-hydrogen) atoms. The van der Waals surface area contributed by atoms with Gasteiger partial charge in [0.25, 0.3) is 0 Å². The molecule has 5 nitrogen and oxygen atoms in total. The molecule has 0 bridgehead atoms. The molecular formula is C15H23N3O2S. The van der Waals surface area contributed by atoms with Gasteiger partial charge in [-0.1, -0.05) is 0 Å². The number of aromatic nitrogens is 1. The van der Waals surface area contributed by atoms with Crippen molar-refractivity contribution in [3.63, 3.8) is 0 Å². The van der Waals surface area contributed by atoms with Gasteiger partial charge in [0.2, 0.25) is 5.91 Å². The van der Waals surface area contributed by atoms with Crippen LogP contribution in [0.2, 0.25) is 0 Å². The number of hydrogen-bond acceptors (Lipinski definition) is 5. The number of carbonyl (C=O) groups excluding carboxylic acids is 1. The van der Waals surface area contributed by atoms with E-state index < -0.39 is 0 Å². The Kier molecular flexibility index (Phi) is 5.22. The Morgan fingerprint density at radius 2 is 2.10 bits per heavy atom. The number of amides is 1. The second-order valence-corrected chi connectivity index (χ2v) is 6.78. The maximum atomic E-state index is 12.2. The van der Waals surface area contributed by atoms with Gasteiger partial charge < -0.3 is 15.0 Å². The van der Waals surface area contributed by atoms with Crippen molar-refractivity contribution in [3.8, 4) is 0 Å². The summed E-state index contributed by atoms with van der Waals surface area (Å²) in [4.78, 5) is 18.9. The fourth-order valence-electron chi connectivity index (χ4n) is 3.22. The molecule has 0 unspecified atom stereocenters. The maximum absolute atomic E-state index is 12.2. The minimum absolute atomic E-state index is 0.168. The zero-order valence-electron chi connectivity index (χ0n) is 12.3. The van der Waals surface area contributed by atoms with Gasteiger partial charge in [0, 0.05) is 36.8 Å². The molecular weight excluding hydrogens is 286 g/mol. The minimum Gasteiger partial charge on any atom is -0.381 e. The molecule has 0 spiro atoms. The summed E-state index contributed by atoms with van der Waals surface area (Å²) >= 11 is 1.58. The highest BCUT2D eigenvalue weighted by molar-refractivity contribution is 7.09. The Hall–Kier alpha value is -0.980. The molecule has 0 aliphatic carbocycles. The first-order chi connectivity index (χ1) is 10.3. The Morgan fingerprint density at radius 3 is 2.76 bits per heavy atom. The van der Waals surface area contributed by atoms with Crippen LogP contribution in [-0.4, -0.2) is 48.1 Å². The molecule has 3 rings (SSSR count). The summed E-state index contributed by atoms with van der Waals surface area (Å²) in [7, 11) is 0. The van der Waals surface area contributed by atoms with Crippen molar-refractivity contribution in [2.75, 3.05) is 26.3 Å². The van der Waals surface area contributed by atoms with Gasteiger partial charge in [-0.05, 0) is 38.8 Å². The van der Waals surface area contributed by atoms with Gasteiger partial charge in [0.15, 0.2) is 0 Å². The number of ether oxygens (including phenoxy) is 1. The van der Waals surface area contributed by atoms with E-state index in [-0.39, 0.29) is 11.8 Å². The molecule has 0 aromatic carbocycles. The Labute approximate surface area is 129 Å². The molecule has 3 heterocycles. The van der Waals surface area contributed by atoms with Gasteiger partial charge in [-0.25, -0.2) is 4.98 Å². The van der Waals surface area contributed by atoms with Crippen molar-refractivity contribution in [1.29, 1.82) is 0 Å². The van der Waals surface area contributed by atoms with Crippen LogP contribution in [0.25, 0.3) is 0 Å². The molecule has 1 aromatic heterocycles. The molecule has 2 aliphatic rings. The van der Waals surface area contributed by atoms with Crippen LogP contribution in [0.5, 0.6) is 0 Å². The quantitative estimate of drug-likeness (QED) is 0.919. The first-order valence-corrected chi connectivity index (χ1v) is 8.69. The molecule has 2 saturated heterocycles. The van der Waals surface area contributed by atoms with Crippen molar-refractivity contribution in [3.05, 3.63) is 16.6 Å². The van der Waals surface area contributed by atoms with E-state index in [1.807, 2.05) is 5.38 Å². The number of nitrogens with zero attached hydrogens (tertiary/aromatic N) is 2. The molecule has 0 radical (unpaired) electrons. The number of carbonyl (C=O) groups is 1. The van der Waals surface area contributed by atoms with Crippen LogP contribution in [0.4, 0.5) is 0 Å². The highest BCUT2D eigenvalue weighted by atomic mass is 32.1. The van der Waals surface area contributed by atoms with Gasteiger partial charge in [0.1, 0.15) is 5.01 Å². The molecule has 1 N–H and O–H groups in total. The van der Waals surface area contributed by atoms with E-state index >= 15 is 0 Å². The average molecular weight is 309 g/mol. The number of rotatable bonds is 4. The van der Waals surface area contributed by atoms with E-state index in [0.29, 0.717) is 12.6 Å². The van der Waals surface area contributed by atoms with E-state index in [0.717, 1.165) is 57.0 Å². The smallest absolute Gasteiger partial charge is 0.223 e. The second-order valence-electron chi connectivity index (χ2n) is 5.80. The second kappa shape index (κ2) is 7.33. The average Bonchev–Trinajstić information content (AvgIpc) is 3.07. The van der Waals surface area contributed by atoms with E-state index in [1.165, 1.54) is 0 Å². The normalized spacial score (nSPS) is 22.3. The minimum atomic E-state index is 0.168. The first-order valence-electron chi connectivity index (χ1n) is 7.81. The third-order valence-corrected chi connectivity index (χ3v) is 5.28. The summed E-state index contributed by atoms with van der Waals surface area (Å²) in [5, 5.41) is 5.93. The predicted octanol–water partition coefficient (Wildman–Crippen LogP) is 1.65. The lowest BCUT2D eigenvalue weighted by molar-refractivity contribution is -0.127. The Bertz CT molecular complexity index is 438. The molecule has 116 valence electrons. The fraction of sp³-hybridized carbons (Fsp3) is 0.733. The summed E-state index contributed by atoms with van der Waals surface area (Å²) in [6.45, 7) is 4.43. The number of thiazole rings is 1. The van der Waals surface area contributed by atoms with Crippen LogP contribution >= 0.6 is 11.3 Å². The van der Waals surface area contributed by atoms with Crippen molar-refractivity contribution in [2.24, 2.45) is 5.92 Å². The number of piperidine rings is 1. The van der Waals surface area contributed by atoms with Crippen molar-refractivity contribution < 1.29 is 9.53 Å². The zero-order valence-corrected chi connectivity index (χ0v) is 13.1. The van der Waals surface area contributed by atoms with E-state index in [1.54, 1.807) is 17.5 Å². The van der Waals surface area contributed by atoms with Crippen molar-refractivity contribution >= 4 is 17.2 Å². The standard InChI is InChI=1S/C15H23N3O2S/c19-15(17-11-14-16-5-10-21-14)12-1-6-18(7-2-12)13-3-8-20-9-4-13/h5,10,12-13H,1-4,6-9,11H2,(H,17,19). The van der Waals surface area contributed by atoms with E-state index in [4.69, 9.17) is 4.74 Å². The lowest BCUT2D eigenvalue weighted by Gasteiger charge is -2.38. The van der Waals surface area contributed by atoms with Crippen LogP contribution < -0.4 is 5.32 Å². The van der Waals surface area contributed by atoms with Crippen LogP contribution in [0, 0.1) is 5.92 Å². The molecule has 2 fully saturated rings. The summed E-state index contributed by atoms with van der Waals surface area (Å²) in [6, 6.07) is 0.665. The van der Waals surface area contributed by atoms with Gasteiger partial charge in [0.05, 0.1) is 6.54 Å². The SMILES string of the molecule is O=C(NCc1nccs1)C1CCN(C2CCOCC2)CC1. The van der Waals surface area contributed by atoms with Gasteiger partial charge in [-0.3, -0.25) is 4.79 Å². The largest absolute Gasteiger partial charge is 0.381 e. The summed E-state index contributed by atoms with van der Waals surface area (Å²) in [6.07, 6.45) is 6.00. The number of nitrogens with one attached hydrogen (secondary N) is 1. The third-order valence-electron chi connectivity index (χ3n) is 4.50. The predicted molar refractivity (Wildman–Crippen MR) is 82.1 cm³/mol. The number of hydrogen-bond donors (Lipinski definition) is 1. The van der Waals surface area contributed by atoms with Crippen molar-refractivity contribution in [2.45, 2.75) is 38.3 Å². The van der Waals surface area contributed by atoms with Gasteiger partial charge in [-0.15, -0.1) is 11.3 Å². The highest BCUT2D eigenvalue weighted by Crippen LogP contribution is 2.23. The fourth-order valence-corrected chi connectivity index (χ4v) is 3.78. The topological polar surface area (TPSA) is 54.5 Å². The number of likely N-dealkylation sites (tertiary alicyclic amines) is 1. The van der Waals surface area contributed by atoms with E-state index in [2.05, 4.69) is 15.2 Å². The Balaban J connectivity index is 1.41. The van der Waals surface area contributed by atoms with Crippen LogP contribution in [-0.2, 0) is 16.1 Å². The summed E-state index contributed by atoms with van der Waals surface area (Å²) < 4.78 is 5.42. The zero-order chi connectivity index (χ0) is 14.5. The first kappa shape index (κ1) is 14.9. The highest BCUT2D eigenvalue weighted by Gasteiger charge is 2.29. The molecule has 1 aromatic rings. The lowest BCUT2D eigenvalue weighted by atomic mass is 9.93. The monoisotopic (exact) mass is 309 g/mol. The maximum Gasteiger partial charge on any atom is 0.223 e. The van der Waals surface area contributed by atoms with Gasteiger partial charge >= 0.3 is 0 Å². The van der Waals surface area contributed by atoms with Gasteiger partial charge in [-0.2, -0.15) is 0 Å². The van der Waals surface area contributed by atoms with Crippen molar-refractivity contribution in [1.82, 2.24) is 15.2 Å². The van der Waals surface area contributed by atoms with Crippen LogP contribution in [0.15, 0.2) is 11.6 Å².